The molecule has 1 aromatic rings. The molecule has 0 bridgehead atoms. The smallest absolute Gasteiger partial charge is 0.326 e. The number of carboxylic acids is 1. The summed E-state index contributed by atoms with van der Waals surface area (Å²) in [6.45, 7) is 0.184. The van der Waals surface area contributed by atoms with Crippen LogP contribution in [0.2, 0.25) is 0 Å². The number of ether oxygens (including phenoxy) is 1. The molecule has 0 radical (unpaired) electrons. The van der Waals surface area contributed by atoms with E-state index in [0.717, 1.165) is 5.56 Å². The number of benzene rings is 1. The van der Waals surface area contributed by atoms with Gasteiger partial charge >= 0.3 is 5.97 Å². The minimum Gasteiger partial charge on any atom is -0.481 e. The van der Waals surface area contributed by atoms with E-state index in [0.29, 0.717) is 12.2 Å². The molecule has 18 heavy (non-hydrogen) atoms. The van der Waals surface area contributed by atoms with Crippen molar-refractivity contribution in [1.82, 2.24) is 5.32 Å². The summed E-state index contributed by atoms with van der Waals surface area (Å²) < 4.78 is 5.19. The number of amides is 1. The van der Waals surface area contributed by atoms with E-state index in [2.05, 4.69) is 11.2 Å². The molecule has 0 saturated heterocycles. The van der Waals surface area contributed by atoms with Gasteiger partial charge in [-0.2, -0.15) is 0 Å². The molecule has 5 heteroatoms. The maximum atomic E-state index is 10.8. The van der Waals surface area contributed by atoms with Crippen molar-refractivity contribution < 1.29 is 19.4 Å². The lowest BCUT2D eigenvalue weighted by Crippen LogP contribution is -2.37. The number of terminal acetylenes is 1. The van der Waals surface area contributed by atoms with Crippen LogP contribution in [-0.2, 0) is 16.0 Å². The normalized spacial score (nSPS) is 11.1. The van der Waals surface area contributed by atoms with Crippen LogP contribution in [0.15, 0.2) is 24.3 Å². The molecule has 1 aromatic carbocycles. The SMILES string of the molecule is C#CCOc1ccc(C[C@H](NC=O)C(=O)O)cc1. The number of carbonyl (C=O) groups is 2. The third kappa shape index (κ3) is 4.18. The minimum atomic E-state index is -1.07. The van der Waals surface area contributed by atoms with Gasteiger partial charge in [-0.25, -0.2) is 4.79 Å². The number of aliphatic carboxylic acids is 1. The van der Waals surface area contributed by atoms with E-state index in [1.165, 1.54) is 0 Å². The second-order valence-electron chi connectivity index (χ2n) is 3.52. The zero-order valence-corrected chi connectivity index (χ0v) is 9.63. The highest BCUT2D eigenvalue weighted by Crippen LogP contribution is 2.13. The number of nitrogens with one attached hydrogen (secondary N) is 1. The predicted octanol–water partition coefficient (Wildman–Crippen LogP) is 0.440. The summed E-state index contributed by atoms with van der Waals surface area (Å²) in [5.41, 5.74) is 0.782. The maximum Gasteiger partial charge on any atom is 0.326 e. The van der Waals surface area contributed by atoms with Crippen molar-refractivity contribution in [3.8, 4) is 18.1 Å². The van der Waals surface area contributed by atoms with Gasteiger partial charge in [-0.1, -0.05) is 18.1 Å². The molecule has 0 aliphatic heterocycles. The van der Waals surface area contributed by atoms with E-state index in [1.807, 2.05) is 0 Å². The average Bonchev–Trinajstić information content (AvgIpc) is 2.37. The summed E-state index contributed by atoms with van der Waals surface area (Å²) in [5, 5.41) is 11.1. The molecule has 94 valence electrons. The van der Waals surface area contributed by atoms with E-state index in [-0.39, 0.29) is 13.0 Å². The van der Waals surface area contributed by atoms with Gasteiger partial charge in [0.05, 0.1) is 0 Å². The molecular formula is C13H13NO4. The molecular weight excluding hydrogens is 234 g/mol. The number of carboxylic acid groups (broad SMARTS) is 1. The zero-order chi connectivity index (χ0) is 13.4. The van der Waals surface area contributed by atoms with Crippen molar-refractivity contribution in [2.24, 2.45) is 0 Å². The monoisotopic (exact) mass is 247 g/mol. The average molecular weight is 247 g/mol. The third-order valence-corrected chi connectivity index (χ3v) is 2.25. The Hall–Kier alpha value is -2.48. The fourth-order valence-electron chi connectivity index (χ4n) is 1.38. The summed E-state index contributed by atoms with van der Waals surface area (Å²) in [4.78, 5) is 21.1. The fraction of sp³-hybridized carbons (Fsp3) is 0.231. The van der Waals surface area contributed by atoms with Gasteiger partial charge in [-0.3, -0.25) is 4.79 Å². The molecule has 0 spiro atoms. The standard InChI is InChI=1S/C13H13NO4/c1-2-7-18-11-5-3-10(4-6-11)8-12(13(16)17)14-9-15/h1,3-6,9,12H,7-8H2,(H,14,15)(H,16,17)/t12-/m0/s1. The van der Waals surface area contributed by atoms with Crippen LogP contribution in [0.5, 0.6) is 5.75 Å². The maximum absolute atomic E-state index is 10.8. The van der Waals surface area contributed by atoms with Crippen LogP contribution in [0.4, 0.5) is 0 Å². The van der Waals surface area contributed by atoms with Crippen LogP contribution in [0.3, 0.4) is 0 Å². The quantitative estimate of drug-likeness (QED) is 0.541. The van der Waals surface area contributed by atoms with Gasteiger partial charge in [0.15, 0.2) is 0 Å². The van der Waals surface area contributed by atoms with Gasteiger partial charge < -0.3 is 15.2 Å². The summed E-state index contributed by atoms with van der Waals surface area (Å²) in [5.74, 6) is 1.89. The first-order chi connectivity index (χ1) is 8.67. The molecule has 0 aromatic heterocycles. The molecule has 0 aliphatic rings. The van der Waals surface area contributed by atoms with E-state index in [1.54, 1.807) is 24.3 Å². The Morgan fingerprint density at radius 2 is 2.17 bits per heavy atom. The van der Waals surface area contributed by atoms with Crippen molar-refractivity contribution in [1.29, 1.82) is 0 Å². The van der Waals surface area contributed by atoms with Crippen LogP contribution < -0.4 is 10.1 Å². The molecule has 0 saturated carbocycles. The summed E-state index contributed by atoms with van der Waals surface area (Å²) in [6.07, 6.45) is 5.65. The lowest BCUT2D eigenvalue weighted by molar-refractivity contribution is -0.140. The van der Waals surface area contributed by atoms with Crippen LogP contribution in [0.25, 0.3) is 0 Å². The highest BCUT2D eigenvalue weighted by atomic mass is 16.5. The summed E-state index contributed by atoms with van der Waals surface area (Å²) in [6, 6.07) is 5.93. The van der Waals surface area contributed by atoms with Gasteiger partial charge in [0.25, 0.3) is 0 Å². The number of hydrogen-bond donors (Lipinski definition) is 2. The second-order valence-corrected chi connectivity index (χ2v) is 3.52. The molecule has 0 unspecified atom stereocenters. The Balaban J connectivity index is 2.64. The predicted molar refractivity (Wildman–Crippen MR) is 65.1 cm³/mol. The van der Waals surface area contributed by atoms with Crippen molar-refractivity contribution >= 4 is 12.4 Å². The summed E-state index contributed by atoms with van der Waals surface area (Å²) in [7, 11) is 0. The van der Waals surface area contributed by atoms with Crippen LogP contribution in [0.1, 0.15) is 5.56 Å². The number of hydrogen-bond acceptors (Lipinski definition) is 3. The van der Waals surface area contributed by atoms with Crippen molar-refractivity contribution in [3.05, 3.63) is 29.8 Å². The topological polar surface area (TPSA) is 75.6 Å². The Kier molecular flexibility index (Phi) is 5.26. The first kappa shape index (κ1) is 13.6. The minimum absolute atomic E-state index is 0.184. The lowest BCUT2D eigenvalue weighted by Gasteiger charge is -2.11. The second kappa shape index (κ2) is 6.97. The van der Waals surface area contributed by atoms with Gasteiger partial charge in [-0.05, 0) is 17.7 Å². The van der Waals surface area contributed by atoms with E-state index in [4.69, 9.17) is 16.3 Å². The van der Waals surface area contributed by atoms with Gasteiger partial charge in [-0.15, -0.1) is 6.42 Å². The van der Waals surface area contributed by atoms with Crippen LogP contribution in [-0.4, -0.2) is 30.1 Å². The Labute approximate surface area is 105 Å². The summed E-state index contributed by atoms with van der Waals surface area (Å²) >= 11 is 0. The Bertz CT molecular complexity index is 447. The highest BCUT2D eigenvalue weighted by Gasteiger charge is 2.16. The molecule has 1 atom stereocenters. The van der Waals surface area contributed by atoms with Crippen molar-refractivity contribution in [2.45, 2.75) is 12.5 Å². The molecule has 0 aliphatic carbocycles. The number of rotatable bonds is 7. The Morgan fingerprint density at radius 3 is 2.67 bits per heavy atom. The highest BCUT2D eigenvalue weighted by molar-refractivity contribution is 5.76. The first-order valence-corrected chi connectivity index (χ1v) is 5.25. The molecule has 0 heterocycles. The van der Waals surface area contributed by atoms with E-state index >= 15 is 0 Å². The van der Waals surface area contributed by atoms with Crippen molar-refractivity contribution in [3.63, 3.8) is 0 Å². The van der Waals surface area contributed by atoms with Gasteiger partial charge in [0.1, 0.15) is 18.4 Å². The van der Waals surface area contributed by atoms with Crippen LogP contribution in [0, 0.1) is 12.3 Å². The molecule has 5 nitrogen and oxygen atoms in total. The fourth-order valence-corrected chi connectivity index (χ4v) is 1.38. The molecule has 1 rings (SSSR count). The molecule has 0 fully saturated rings. The first-order valence-electron chi connectivity index (χ1n) is 5.25. The Morgan fingerprint density at radius 1 is 1.50 bits per heavy atom. The number of carbonyl (C=O) groups excluding carboxylic acids is 1. The lowest BCUT2D eigenvalue weighted by atomic mass is 10.1. The van der Waals surface area contributed by atoms with Crippen molar-refractivity contribution in [2.75, 3.05) is 6.61 Å². The molecule has 1 amide bonds. The molecule has 2 N–H and O–H groups in total. The largest absolute Gasteiger partial charge is 0.481 e. The van der Waals surface area contributed by atoms with E-state index in [9.17, 15) is 9.59 Å². The zero-order valence-electron chi connectivity index (χ0n) is 9.63. The van der Waals surface area contributed by atoms with Crippen LogP contribution >= 0.6 is 0 Å². The third-order valence-electron chi connectivity index (χ3n) is 2.25. The van der Waals surface area contributed by atoms with Gasteiger partial charge in [0, 0.05) is 6.42 Å². The van der Waals surface area contributed by atoms with E-state index < -0.39 is 12.0 Å². The van der Waals surface area contributed by atoms with Gasteiger partial charge in [0.2, 0.25) is 6.41 Å².